The Kier molecular flexibility index (Phi) is 9.25. The molecule has 0 unspecified atom stereocenters. The van der Waals surface area contributed by atoms with Crippen molar-refractivity contribution < 1.29 is 29.0 Å². The highest BCUT2D eigenvalue weighted by Gasteiger charge is 2.31. The first kappa shape index (κ1) is 23.8. The van der Waals surface area contributed by atoms with Crippen molar-refractivity contribution in [3.8, 4) is 5.75 Å². The zero-order valence-electron chi connectivity index (χ0n) is 16.7. The van der Waals surface area contributed by atoms with E-state index in [1.165, 1.54) is 6.92 Å². The van der Waals surface area contributed by atoms with Gasteiger partial charge in [-0.2, -0.15) is 0 Å². The molecule has 1 aromatic carbocycles. The van der Waals surface area contributed by atoms with Crippen LogP contribution in [0.4, 0.5) is 0 Å². The van der Waals surface area contributed by atoms with E-state index in [9.17, 15) is 14.4 Å². The average molecular weight is 414 g/mol. The van der Waals surface area contributed by atoms with E-state index in [-0.39, 0.29) is 31.5 Å². The molecule has 1 rings (SSSR count). The van der Waals surface area contributed by atoms with E-state index in [1.807, 2.05) is 20.8 Å². The first-order chi connectivity index (χ1) is 13.0. The molecule has 0 aliphatic heterocycles. The summed E-state index contributed by atoms with van der Waals surface area (Å²) in [5, 5.41) is 12.5. The lowest BCUT2D eigenvalue weighted by molar-refractivity contribution is -0.144. The quantitative estimate of drug-likeness (QED) is 0.570. The Labute approximate surface area is 170 Å². The number of ether oxygens (including phenoxy) is 2. The molecular weight excluding hydrogens is 386 g/mol. The first-order valence-electron chi connectivity index (χ1n) is 9.03. The van der Waals surface area contributed by atoms with Crippen LogP contribution in [-0.4, -0.2) is 42.2 Å². The topological polar surface area (TPSA) is 102 Å². The minimum Gasteiger partial charge on any atom is -0.494 e. The van der Waals surface area contributed by atoms with Crippen LogP contribution in [0.5, 0.6) is 5.75 Å². The van der Waals surface area contributed by atoms with Crippen molar-refractivity contribution >= 4 is 29.4 Å². The molecule has 0 saturated carbocycles. The van der Waals surface area contributed by atoms with Crippen LogP contribution in [0.2, 0.25) is 5.02 Å². The SMILES string of the molecule is CC(=O)OC[C@@H](NC(=O)[C@H](CCOc1ccc(Cl)cc1)CC(=O)O)C(C)(C)C. The third kappa shape index (κ3) is 9.08. The molecule has 1 amide bonds. The van der Waals surface area contributed by atoms with E-state index in [0.717, 1.165) is 0 Å². The largest absolute Gasteiger partial charge is 0.494 e. The van der Waals surface area contributed by atoms with Gasteiger partial charge in [0.15, 0.2) is 0 Å². The summed E-state index contributed by atoms with van der Waals surface area (Å²) in [6.45, 7) is 7.19. The number of halogens is 1. The third-order valence-corrected chi connectivity index (χ3v) is 4.41. The van der Waals surface area contributed by atoms with E-state index < -0.39 is 29.8 Å². The Morgan fingerprint density at radius 3 is 2.29 bits per heavy atom. The van der Waals surface area contributed by atoms with Gasteiger partial charge in [-0.15, -0.1) is 0 Å². The normalized spacial score (nSPS) is 13.3. The molecular formula is C20H28ClNO6. The van der Waals surface area contributed by atoms with Gasteiger partial charge in [0.1, 0.15) is 12.4 Å². The van der Waals surface area contributed by atoms with E-state index in [4.69, 9.17) is 26.2 Å². The number of hydrogen-bond donors (Lipinski definition) is 2. The molecule has 0 saturated heterocycles. The molecule has 2 atom stereocenters. The number of nitrogens with one attached hydrogen (secondary N) is 1. The second-order valence-electron chi connectivity index (χ2n) is 7.62. The molecule has 156 valence electrons. The number of amides is 1. The van der Waals surface area contributed by atoms with Gasteiger partial charge in [-0.3, -0.25) is 14.4 Å². The van der Waals surface area contributed by atoms with Crippen molar-refractivity contribution in [1.82, 2.24) is 5.32 Å². The van der Waals surface area contributed by atoms with Crippen LogP contribution in [0.15, 0.2) is 24.3 Å². The van der Waals surface area contributed by atoms with Gasteiger partial charge in [0.05, 0.1) is 25.0 Å². The van der Waals surface area contributed by atoms with Gasteiger partial charge in [-0.1, -0.05) is 32.4 Å². The highest BCUT2D eigenvalue weighted by Crippen LogP contribution is 2.22. The number of carbonyl (C=O) groups excluding carboxylic acids is 2. The molecule has 28 heavy (non-hydrogen) atoms. The van der Waals surface area contributed by atoms with E-state index in [0.29, 0.717) is 10.8 Å². The predicted octanol–water partition coefficient (Wildman–Crippen LogP) is 3.29. The van der Waals surface area contributed by atoms with Crippen molar-refractivity contribution in [2.75, 3.05) is 13.2 Å². The van der Waals surface area contributed by atoms with E-state index >= 15 is 0 Å². The summed E-state index contributed by atoms with van der Waals surface area (Å²) in [5.41, 5.74) is -0.376. The minimum atomic E-state index is -1.07. The Bertz CT molecular complexity index is 668. The number of carbonyl (C=O) groups is 3. The maximum atomic E-state index is 12.7. The lowest BCUT2D eigenvalue weighted by Crippen LogP contribution is -2.49. The second kappa shape index (κ2) is 10.9. The van der Waals surface area contributed by atoms with Gasteiger partial charge in [0, 0.05) is 11.9 Å². The number of carboxylic acids is 1. The van der Waals surface area contributed by atoms with Crippen molar-refractivity contribution in [2.45, 2.75) is 46.6 Å². The Morgan fingerprint density at radius 1 is 1.18 bits per heavy atom. The third-order valence-electron chi connectivity index (χ3n) is 4.16. The van der Waals surface area contributed by atoms with Gasteiger partial charge < -0.3 is 19.9 Å². The fourth-order valence-corrected chi connectivity index (χ4v) is 2.51. The number of rotatable bonds is 10. The molecule has 8 heteroatoms. The smallest absolute Gasteiger partial charge is 0.304 e. The number of hydrogen-bond acceptors (Lipinski definition) is 5. The van der Waals surface area contributed by atoms with Crippen molar-refractivity contribution in [3.63, 3.8) is 0 Å². The number of carboxylic acid groups (broad SMARTS) is 1. The molecule has 0 aliphatic carbocycles. The first-order valence-corrected chi connectivity index (χ1v) is 9.40. The maximum absolute atomic E-state index is 12.7. The monoisotopic (exact) mass is 413 g/mol. The lowest BCUT2D eigenvalue weighted by atomic mass is 9.86. The average Bonchev–Trinajstić information content (AvgIpc) is 2.57. The zero-order chi connectivity index (χ0) is 21.3. The van der Waals surface area contributed by atoms with Crippen LogP contribution in [0.3, 0.4) is 0 Å². The molecule has 0 heterocycles. The predicted molar refractivity (Wildman–Crippen MR) is 105 cm³/mol. The molecule has 0 aliphatic rings. The fourth-order valence-electron chi connectivity index (χ4n) is 2.38. The molecule has 0 fully saturated rings. The van der Waals surface area contributed by atoms with Gasteiger partial charge in [0.2, 0.25) is 5.91 Å². The summed E-state index contributed by atoms with van der Waals surface area (Å²) in [4.78, 5) is 35.0. The second-order valence-corrected chi connectivity index (χ2v) is 8.05. The Hall–Kier alpha value is -2.28. The highest BCUT2D eigenvalue weighted by molar-refractivity contribution is 6.30. The van der Waals surface area contributed by atoms with E-state index in [2.05, 4.69) is 5.32 Å². The van der Waals surface area contributed by atoms with Gasteiger partial charge in [-0.25, -0.2) is 0 Å². The summed E-state index contributed by atoms with van der Waals surface area (Å²) in [6.07, 6.45) is -0.0918. The van der Waals surface area contributed by atoms with Crippen molar-refractivity contribution in [2.24, 2.45) is 11.3 Å². The maximum Gasteiger partial charge on any atom is 0.304 e. The standard InChI is InChI=1S/C20H28ClNO6/c1-13(23)28-12-17(20(2,3)4)22-19(26)14(11-18(24)25)9-10-27-16-7-5-15(21)6-8-16/h5-8,14,17H,9-12H2,1-4H3,(H,22,26)(H,24,25)/t14-,17-/m1/s1. The molecule has 0 aromatic heterocycles. The van der Waals surface area contributed by atoms with Crippen LogP contribution in [0.1, 0.15) is 40.5 Å². The molecule has 0 bridgehead atoms. The number of aliphatic carboxylic acids is 1. The number of benzene rings is 1. The summed E-state index contributed by atoms with van der Waals surface area (Å²) < 4.78 is 10.6. The summed E-state index contributed by atoms with van der Waals surface area (Å²) in [6, 6.07) is 6.31. The van der Waals surface area contributed by atoms with Crippen LogP contribution < -0.4 is 10.1 Å². The summed E-state index contributed by atoms with van der Waals surface area (Å²) >= 11 is 5.82. The van der Waals surface area contributed by atoms with Crippen LogP contribution in [-0.2, 0) is 19.1 Å². The number of esters is 1. The van der Waals surface area contributed by atoms with Crippen LogP contribution >= 0.6 is 11.6 Å². The fraction of sp³-hybridized carbons (Fsp3) is 0.550. The summed E-state index contributed by atoms with van der Waals surface area (Å²) in [7, 11) is 0. The molecule has 0 radical (unpaired) electrons. The van der Waals surface area contributed by atoms with Gasteiger partial charge in [-0.05, 0) is 36.1 Å². The highest BCUT2D eigenvalue weighted by atomic mass is 35.5. The molecule has 2 N–H and O–H groups in total. The van der Waals surface area contributed by atoms with Crippen LogP contribution in [0.25, 0.3) is 0 Å². The minimum absolute atomic E-state index is 0.0195. The lowest BCUT2D eigenvalue weighted by Gasteiger charge is -2.32. The molecule has 1 aromatic rings. The Balaban J connectivity index is 2.71. The zero-order valence-corrected chi connectivity index (χ0v) is 17.4. The van der Waals surface area contributed by atoms with Crippen molar-refractivity contribution in [3.05, 3.63) is 29.3 Å². The Morgan fingerprint density at radius 2 is 1.79 bits per heavy atom. The van der Waals surface area contributed by atoms with Gasteiger partial charge >= 0.3 is 11.9 Å². The van der Waals surface area contributed by atoms with Gasteiger partial charge in [0.25, 0.3) is 0 Å². The summed E-state index contributed by atoms with van der Waals surface area (Å²) in [5.74, 6) is -2.11. The van der Waals surface area contributed by atoms with E-state index in [1.54, 1.807) is 24.3 Å². The van der Waals surface area contributed by atoms with Crippen LogP contribution in [0, 0.1) is 11.3 Å². The molecule has 0 spiro atoms. The van der Waals surface area contributed by atoms with Crippen molar-refractivity contribution in [1.29, 1.82) is 0 Å². The molecule has 7 nitrogen and oxygen atoms in total.